The van der Waals surface area contributed by atoms with Gasteiger partial charge in [0.15, 0.2) is 11.5 Å². The molecular weight excluding hydrogens is 326 g/mol. The minimum atomic E-state index is -1.25. The molecule has 2 aromatic carbocycles. The molecule has 7 heteroatoms. The molecule has 0 atom stereocenters. The highest BCUT2D eigenvalue weighted by Gasteiger charge is 2.13. The number of anilines is 1. The average Bonchev–Trinajstić information content (AvgIpc) is 2.61. The molecule has 1 aliphatic heterocycles. The number of carbonyl (C=O) groups excluding carboxylic acids is 1. The van der Waals surface area contributed by atoms with Gasteiger partial charge in [0.2, 0.25) is 5.91 Å². The van der Waals surface area contributed by atoms with E-state index in [0.717, 1.165) is 11.6 Å². The third kappa shape index (κ3) is 3.89. The summed E-state index contributed by atoms with van der Waals surface area (Å²) in [5, 5.41) is 21.0. The van der Waals surface area contributed by atoms with Crippen molar-refractivity contribution in [3.05, 3.63) is 53.6 Å². The van der Waals surface area contributed by atoms with Crippen LogP contribution in [0.4, 0.5) is 5.69 Å². The molecule has 0 radical (unpaired) electrons. The SMILES string of the molecule is O=C(C=Cc1ccc2c(c1)OCCO2)Nc1ccc(O)cc1C(=O)O. The fourth-order valence-corrected chi connectivity index (χ4v) is 2.33. The van der Waals surface area contributed by atoms with Crippen LogP contribution in [0, 0.1) is 0 Å². The summed E-state index contributed by atoms with van der Waals surface area (Å²) in [6.45, 7) is 0.975. The van der Waals surface area contributed by atoms with E-state index in [-0.39, 0.29) is 17.0 Å². The first kappa shape index (κ1) is 16.4. The number of hydrogen-bond acceptors (Lipinski definition) is 5. The molecule has 0 saturated carbocycles. The Bertz CT molecular complexity index is 859. The fourth-order valence-electron chi connectivity index (χ4n) is 2.33. The first-order chi connectivity index (χ1) is 12.0. The third-order valence-electron chi connectivity index (χ3n) is 3.48. The molecule has 3 rings (SSSR count). The maximum absolute atomic E-state index is 12.0. The fraction of sp³-hybridized carbons (Fsp3) is 0.111. The number of carboxylic acid groups (broad SMARTS) is 1. The zero-order valence-electron chi connectivity index (χ0n) is 13.1. The van der Waals surface area contributed by atoms with Crippen LogP contribution in [0.25, 0.3) is 6.08 Å². The number of hydrogen-bond donors (Lipinski definition) is 3. The molecule has 0 aromatic heterocycles. The summed E-state index contributed by atoms with van der Waals surface area (Å²) >= 11 is 0. The van der Waals surface area contributed by atoms with Crippen LogP contribution in [0.5, 0.6) is 17.2 Å². The molecule has 0 unspecified atom stereocenters. The Balaban J connectivity index is 1.73. The molecule has 0 bridgehead atoms. The van der Waals surface area contributed by atoms with Crippen molar-refractivity contribution >= 4 is 23.6 Å². The van der Waals surface area contributed by atoms with Crippen LogP contribution in [0.1, 0.15) is 15.9 Å². The highest BCUT2D eigenvalue weighted by atomic mass is 16.6. The number of fused-ring (bicyclic) bond motifs is 1. The summed E-state index contributed by atoms with van der Waals surface area (Å²) < 4.78 is 10.9. The lowest BCUT2D eigenvalue weighted by atomic mass is 10.1. The Morgan fingerprint density at radius 2 is 1.80 bits per heavy atom. The lowest BCUT2D eigenvalue weighted by Gasteiger charge is -2.18. The van der Waals surface area contributed by atoms with Gasteiger partial charge in [-0.2, -0.15) is 0 Å². The number of carbonyl (C=O) groups is 2. The highest BCUT2D eigenvalue weighted by Crippen LogP contribution is 2.31. The quantitative estimate of drug-likeness (QED) is 0.583. The standard InChI is InChI=1S/C18H15NO6/c20-12-3-4-14(13(10-12)18(22)23)19-17(21)6-2-11-1-5-15-16(9-11)25-8-7-24-15/h1-6,9-10,20H,7-8H2,(H,19,21)(H,22,23). The third-order valence-corrected chi connectivity index (χ3v) is 3.48. The van der Waals surface area contributed by atoms with Crippen LogP contribution >= 0.6 is 0 Å². The van der Waals surface area contributed by atoms with Crippen molar-refractivity contribution in [2.24, 2.45) is 0 Å². The van der Waals surface area contributed by atoms with Crippen molar-refractivity contribution in [2.45, 2.75) is 0 Å². The van der Waals surface area contributed by atoms with Gasteiger partial charge in [-0.15, -0.1) is 0 Å². The number of benzene rings is 2. The van der Waals surface area contributed by atoms with Crippen molar-refractivity contribution in [3.63, 3.8) is 0 Å². The van der Waals surface area contributed by atoms with E-state index in [9.17, 15) is 14.7 Å². The number of nitrogens with one attached hydrogen (secondary N) is 1. The second-order valence-electron chi connectivity index (χ2n) is 5.26. The van der Waals surface area contributed by atoms with Crippen LogP contribution in [-0.2, 0) is 4.79 Å². The molecule has 3 N–H and O–H groups in total. The number of phenols is 1. The van der Waals surface area contributed by atoms with E-state index in [4.69, 9.17) is 14.6 Å². The summed E-state index contributed by atoms with van der Waals surface area (Å²) in [7, 11) is 0. The Morgan fingerprint density at radius 3 is 2.56 bits per heavy atom. The van der Waals surface area contributed by atoms with Gasteiger partial charge in [0, 0.05) is 6.08 Å². The Kier molecular flexibility index (Phi) is 4.56. The zero-order chi connectivity index (χ0) is 17.8. The maximum atomic E-state index is 12.0. The molecular formula is C18H15NO6. The van der Waals surface area contributed by atoms with Crippen LogP contribution in [0.3, 0.4) is 0 Å². The summed E-state index contributed by atoms with van der Waals surface area (Å²) in [4.78, 5) is 23.2. The average molecular weight is 341 g/mol. The summed E-state index contributed by atoms with van der Waals surface area (Å²) in [6, 6.07) is 8.99. The summed E-state index contributed by atoms with van der Waals surface area (Å²) in [6.07, 6.45) is 2.86. The van der Waals surface area contributed by atoms with E-state index < -0.39 is 11.9 Å². The number of rotatable bonds is 4. The van der Waals surface area contributed by atoms with E-state index in [0.29, 0.717) is 24.7 Å². The lowest BCUT2D eigenvalue weighted by molar-refractivity contribution is -0.111. The summed E-state index contributed by atoms with van der Waals surface area (Å²) in [5.74, 6) is -0.670. The lowest BCUT2D eigenvalue weighted by Crippen LogP contribution is -2.15. The molecule has 1 heterocycles. The van der Waals surface area contributed by atoms with Crippen molar-refractivity contribution in [2.75, 3.05) is 18.5 Å². The molecule has 128 valence electrons. The number of amides is 1. The van der Waals surface area contributed by atoms with Gasteiger partial charge in [0.05, 0.1) is 11.3 Å². The smallest absolute Gasteiger partial charge is 0.337 e. The van der Waals surface area contributed by atoms with Gasteiger partial charge in [0.25, 0.3) is 0 Å². The molecule has 25 heavy (non-hydrogen) atoms. The monoisotopic (exact) mass is 341 g/mol. The number of ether oxygens (including phenoxy) is 2. The van der Waals surface area contributed by atoms with Gasteiger partial charge < -0.3 is 25.0 Å². The first-order valence-corrected chi connectivity index (χ1v) is 7.48. The van der Waals surface area contributed by atoms with Gasteiger partial charge in [-0.05, 0) is 42.0 Å². The van der Waals surface area contributed by atoms with Crippen molar-refractivity contribution in [1.82, 2.24) is 0 Å². The van der Waals surface area contributed by atoms with E-state index in [2.05, 4.69) is 5.32 Å². The van der Waals surface area contributed by atoms with Gasteiger partial charge in [-0.25, -0.2) is 4.79 Å². The van der Waals surface area contributed by atoms with Gasteiger partial charge in [-0.1, -0.05) is 6.07 Å². The number of aromatic hydroxyl groups is 1. The minimum absolute atomic E-state index is 0.0992. The van der Waals surface area contributed by atoms with Gasteiger partial charge >= 0.3 is 5.97 Å². The second-order valence-corrected chi connectivity index (χ2v) is 5.26. The van der Waals surface area contributed by atoms with E-state index in [1.165, 1.54) is 18.2 Å². The number of phenolic OH excluding ortho intramolecular Hbond substituents is 1. The Hall–Kier alpha value is -3.48. The van der Waals surface area contributed by atoms with Crippen LogP contribution in [0.2, 0.25) is 0 Å². The van der Waals surface area contributed by atoms with Crippen molar-refractivity contribution in [3.8, 4) is 17.2 Å². The summed E-state index contributed by atoms with van der Waals surface area (Å²) in [5.41, 5.74) is 0.645. The molecule has 7 nitrogen and oxygen atoms in total. The van der Waals surface area contributed by atoms with Gasteiger partial charge in [0.1, 0.15) is 19.0 Å². The predicted octanol–water partition coefficient (Wildman–Crippen LogP) is 2.51. The van der Waals surface area contributed by atoms with E-state index >= 15 is 0 Å². The molecule has 0 saturated heterocycles. The Labute approximate surface area is 143 Å². The molecule has 0 spiro atoms. The number of aromatic carboxylic acids is 1. The van der Waals surface area contributed by atoms with Gasteiger partial charge in [-0.3, -0.25) is 4.79 Å². The molecule has 1 amide bonds. The molecule has 2 aromatic rings. The topological polar surface area (TPSA) is 105 Å². The minimum Gasteiger partial charge on any atom is -0.508 e. The van der Waals surface area contributed by atoms with Crippen LogP contribution in [0.15, 0.2) is 42.5 Å². The van der Waals surface area contributed by atoms with E-state index in [1.807, 2.05) is 0 Å². The van der Waals surface area contributed by atoms with Crippen molar-refractivity contribution < 1.29 is 29.3 Å². The van der Waals surface area contributed by atoms with Crippen LogP contribution in [-0.4, -0.2) is 35.3 Å². The normalized spacial score (nSPS) is 12.8. The highest BCUT2D eigenvalue weighted by molar-refractivity contribution is 6.06. The van der Waals surface area contributed by atoms with Crippen LogP contribution < -0.4 is 14.8 Å². The largest absolute Gasteiger partial charge is 0.508 e. The molecule has 1 aliphatic rings. The number of carboxylic acids is 1. The van der Waals surface area contributed by atoms with E-state index in [1.54, 1.807) is 24.3 Å². The molecule has 0 fully saturated rings. The zero-order valence-corrected chi connectivity index (χ0v) is 13.1. The Morgan fingerprint density at radius 1 is 1.04 bits per heavy atom. The molecule has 0 aliphatic carbocycles. The van der Waals surface area contributed by atoms with Crippen molar-refractivity contribution in [1.29, 1.82) is 0 Å². The first-order valence-electron chi connectivity index (χ1n) is 7.48. The second kappa shape index (κ2) is 6.96. The predicted molar refractivity (Wildman–Crippen MR) is 90.2 cm³/mol. The maximum Gasteiger partial charge on any atom is 0.337 e.